The summed E-state index contributed by atoms with van der Waals surface area (Å²) in [4.78, 5) is 15.3. The Bertz CT molecular complexity index is 2850. The fraction of sp³-hybridized carbons (Fsp3) is 0. The molecule has 5 nitrogen and oxygen atoms in total. The number of hydrogen-bond acceptors (Lipinski definition) is 5. The lowest BCUT2D eigenvalue weighted by atomic mass is 9.96. The second kappa shape index (κ2) is 10.5. The maximum absolute atomic E-state index is 6.49. The molecule has 0 N–H and O–H groups in total. The topological polar surface area (TPSA) is 65.0 Å². The van der Waals surface area contributed by atoms with Crippen molar-refractivity contribution in [1.82, 2.24) is 15.0 Å². The van der Waals surface area contributed by atoms with Crippen LogP contribution >= 0.6 is 0 Å². The molecular formula is C43H25N3O2. The third kappa shape index (κ3) is 4.29. The van der Waals surface area contributed by atoms with E-state index in [9.17, 15) is 0 Å². The van der Waals surface area contributed by atoms with Crippen LogP contribution in [0.2, 0.25) is 0 Å². The molecule has 0 saturated carbocycles. The van der Waals surface area contributed by atoms with Gasteiger partial charge in [0.15, 0.2) is 17.5 Å². The normalized spacial score (nSPS) is 11.8. The molecule has 0 aliphatic rings. The van der Waals surface area contributed by atoms with E-state index in [0.29, 0.717) is 17.5 Å². The molecule has 224 valence electrons. The number of para-hydroxylation sites is 2. The van der Waals surface area contributed by atoms with E-state index in [1.54, 1.807) is 0 Å². The highest BCUT2D eigenvalue weighted by atomic mass is 16.3. The van der Waals surface area contributed by atoms with E-state index >= 15 is 0 Å². The molecule has 0 bridgehead atoms. The van der Waals surface area contributed by atoms with E-state index in [4.69, 9.17) is 23.8 Å². The first-order chi connectivity index (χ1) is 23.7. The second-order valence-corrected chi connectivity index (χ2v) is 12.0. The predicted molar refractivity (Wildman–Crippen MR) is 194 cm³/mol. The van der Waals surface area contributed by atoms with Gasteiger partial charge in [0.2, 0.25) is 0 Å². The summed E-state index contributed by atoms with van der Waals surface area (Å²) < 4.78 is 12.7. The van der Waals surface area contributed by atoms with Crippen LogP contribution in [-0.2, 0) is 0 Å². The summed E-state index contributed by atoms with van der Waals surface area (Å²) >= 11 is 0. The summed E-state index contributed by atoms with van der Waals surface area (Å²) in [5, 5.41) is 6.50. The van der Waals surface area contributed by atoms with Crippen LogP contribution < -0.4 is 0 Å². The fourth-order valence-electron chi connectivity index (χ4n) is 6.77. The highest BCUT2D eigenvalue weighted by Gasteiger charge is 2.20. The zero-order valence-corrected chi connectivity index (χ0v) is 25.6. The second-order valence-electron chi connectivity index (χ2n) is 12.0. The maximum Gasteiger partial charge on any atom is 0.164 e. The molecule has 0 saturated heterocycles. The van der Waals surface area contributed by atoms with Gasteiger partial charge in [0, 0.05) is 38.2 Å². The van der Waals surface area contributed by atoms with Gasteiger partial charge in [0.05, 0.1) is 0 Å². The summed E-state index contributed by atoms with van der Waals surface area (Å²) in [6.07, 6.45) is 0. The maximum atomic E-state index is 6.49. The molecule has 0 amide bonds. The monoisotopic (exact) mass is 615 g/mol. The van der Waals surface area contributed by atoms with Crippen LogP contribution in [0.25, 0.3) is 99.9 Å². The molecule has 10 rings (SSSR count). The number of hydrogen-bond donors (Lipinski definition) is 0. The standard InChI is InChI=1S/C43H25N3O2/c1-2-11-27(12-3-1)41-44-42(30-20-21-33-32-14-6-8-16-36(32)47-38(33)24-30)46-43(45-41)35-23-31(29-19-18-26-10-4-5-13-28(26)22-29)25-39-40(35)34-15-7-9-17-37(34)48-39/h1-25H. The quantitative estimate of drug-likeness (QED) is 0.197. The Labute approximate surface area is 274 Å². The molecule has 0 unspecified atom stereocenters. The highest BCUT2D eigenvalue weighted by Crippen LogP contribution is 2.40. The van der Waals surface area contributed by atoms with Crippen molar-refractivity contribution < 1.29 is 8.83 Å². The minimum Gasteiger partial charge on any atom is -0.456 e. The van der Waals surface area contributed by atoms with Crippen molar-refractivity contribution in [2.24, 2.45) is 0 Å². The first kappa shape index (κ1) is 26.6. The van der Waals surface area contributed by atoms with E-state index in [1.807, 2.05) is 72.8 Å². The van der Waals surface area contributed by atoms with Crippen molar-refractivity contribution in [2.75, 3.05) is 0 Å². The minimum absolute atomic E-state index is 0.568. The van der Waals surface area contributed by atoms with Gasteiger partial charge in [-0.2, -0.15) is 0 Å². The number of furan rings is 2. The van der Waals surface area contributed by atoms with Crippen molar-refractivity contribution in [2.45, 2.75) is 0 Å². The summed E-state index contributed by atoms with van der Waals surface area (Å²) in [7, 11) is 0. The number of nitrogens with zero attached hydrogens (tertiary/aromatic N) is 3. The average molecular weight is 616 g/mol. The van der Waals surface area contributed by atoms with Gasteiger partial charge >= 0.3 is 0 Å². The molecule has 3 heterocycles. The Morgan fingerprint density at radius 1 is 0.333 bits per heavy atom. The molecule has 0 aliphatic carbocycles. The van der Waals surface area contributed by atoms with Crippen LogP contribution in [-0.4, -0.2) is 15.0 Å². The van der Waals surface area contributed by atoms with Gasteiger partial charge in [0.25, 0.3) is 0 Å². The first-order valence-corrected chi connectivity index (χ1v) is 15.9. The van der Waals surface area contributed by atoms with E-state index in [2.05, 4.69) is 78.9 Å². The van der Waals surface area contributed by atoms with Gasteiger partial charge in [-0.25, -0.2) is 15.0 Å². The summed E-state index contributed by atoms with van der Waals surface area (Å²) in [5.74, 6) is 1.73. The Morgan fingerprint density at radius 3 is 1.79 bits per heavy atom. The molecule has 3 aromatic heterocycles. The van der Waals surface area contributed by atoms with Crippen molar-refractivity contribution in [1.29, 1.82) is 0 Å². The van der Waals surface area contributed by atoms with Crippen molar-refractivity contribution in [3.05, 3.63) is 152 Å². The van der Waals surface area contributed by atoms with E-state index in [-0.39, 0.29) is 0 Å². The van der Waals surface area contributed by atoms with Gasteiger partial charge in [-0.15, -0.1) is 0 Å². The molecule has 0 atom stereocenters. The predicted octanol–water partition coefficient (Wildman–Crippen LogP) is 11.5. The van der Waals surface area contributed by atoms with Gasteiger partial charge < -0.3 is 8.83 Å². The average Bonchev–Trinajstić information content (AvgIpc) is 3.72. The Balaban J connectivity index is 1.24. The zero-order valence-electron chi connectivity index (χ0n) is 25.6. The van der Waals surface area contributed by atoms with Crippen LogP contribution in [0.4, 0.5) is 0 Å². The minimum atomic E-state index is 0.568. The van der Waals surface area contributed by atoms with Crippen LogP contribution in [0.1, 0.15) is 0 Å². The largest absolute Gasteiger partial charge is 0.456 e. The molecule has 48 heavy (non-hydrogen) atoms. The van der Waals surface area contributed by atoms with Crippen molar-refractivity contribution >= 4 is 54.6 Å². The SMILES string of the molecule is c1ccc(-c2nc(-c3ccc4c(c3)oc3ccccc34)nc(-c3cc(-c4ccc5ccccc5c4)cc4oc5ccccc5c34)n2)cc1. The van der Waals surface area contributed by atoms with Gasteiger partial charge in [-0.3, -0.25) is 0 Å². The first-order valence-electron chi connectivity index (χ1n) is 15.9. The van der Waals surface area contributed by atoms with E-state index in [1.165, 1.54) is 10.8 Å². The number of rotatable bonds is 4. The lowest BCUT2D eigenvalue weighted by molar-refractivity contribution is 0.668. The molecule has 0 aliphatic heterocycles. The molecule has 0 spiro atoms. The summed E-state index contributed by atoms with van der Waals surface area (Å²) in [5.41, 5.74) is 7.99. The molecular weight excluding hydrogens is 590 g/mol. The van der Waals surface area contributed by atoms with Crippen LogP contribution in [0.15, 0.2) is 160 Å². The fourth-order valence-corrected chi connectivity index (χ4v) is 6.77. The molecule has 10 aromatic rings. The van der Waals surface area contributed by atoms with Crippen LogP contribution in [0.5, 0.6) is 0 Å². The Kier molecular flexibility index (Phi) is 5.81. The lowest BCUT2D eigenvalue weighted by Crippen LogP contribution is -2.00. The molecule has 0 radical (unpaired) electrons. The summed E-state index contributed by atoms with van der Waals surface area (Å²) in [6.45, 7) is 0. The van der Waals surface area contributed by atoms with Gasteiger partial charge in [-0.05, 0) is 64.4 Å². The smallest absolute Gasteiger partial charge is 0.164 e. The lowest BCUT2D eigenvalue weighted by Gasteiger charge is -2.11. The van der Waals surface area contributed by atoms with Crippen molar-refractivity contribution in [3.8, 4) is 45.3 Å². The van der Waals surface area contributed by atoms with Crippen LogP contribution in [0.3, 0.4) is 0 Å². The Hall–Kier alpha value is -6.59. The zero-order chi connectivity index (χ0) is 31.6. The van der Waals surface area contributed by atoms with Gasteiger partial charge in [0.1, 0.15) is 22.3 Å². The van der Waals surface area contributed by atoms with E-state index in [0.717, 1.165) is 71.7 Å². The number of fused-ring (bicyclic) bond motifs is 7. The third-order valence-electron chi connectivity index (χ3n) is 9.11. The highest BCUT2D eigenvalue weighted by molar-refractivity contribution is 6.13. The number of aromatic nitrogens is 3. The van der Waals surface area contributed by atoms with Crippen LogP contribution in [0, 0.1) is 0 Å². The molecule has 5 heteroatoms. The summed E-state index contributed by atoms with van der Waals surface area (Å²) in [6, 6.07) is 51.7. The van der Waals surface area contributed by atoms with Crippen molar-refractivity contribution in [3.63, 3.8) is 0 Å². The molecule has 0 fully saturated rings. The third-order valence-corrected chi connectivity index (χ3v) is 9.11. The Morgan fingerprint density at radius 2 is 0.938 bits per heavy atom. The van der Waals surface area contributed by atoms with E-state index < -0.39 is 0 Å². The van der Waals surface area contributed by atoms with Gasteiger partial charge in [-0.1, -0.05) is 109 Å². The molecule has 7 aromatic carbocycles. The number of benzene rings is 7.